The predicted octanol–water partition coefficient (Wildman–Crippen LogP) is 4.62. The van der Waals surface area contributed by atoms with E-state index in [1.807, 2.05) is 41.3 Å². The van der Waals surface area contributed by atoms with Gasteiger partial charge in [0.15, 0.2) is 5.65 Å². The number of benzene rings is 1. The number of fused-ring (bicyclic) bond motifs is 2. The van der Waals surface area contributed by atoms with Gasteiger partial charge in [-0.3, -0.25) is 4.98 Å². The normalized spacial score (nSPS) is 11.2. The number of aromatic nitrogens is 4. The summed E-state index contributed by atoms with van der Waals surface area (Å²) in [5.74, 6) is 0.919. The first-order chi connectivity index (χ1) is 12.9. The molecule has 0 atom stereocenters. The number of anilines is 1. The molecule has 126 valence electrons. The van der Waals surface area contributed by atoms with Crippen molar-refractivity contribution < 1.29 is 0 Å². The standard InChI is InChI=1S/C20H15N5S/c1-4-14-5-2-9-21-19(14)16(7-1)17-13-24-25-18(8-10-22-20(17)25)23-12-15-6-3-11-26-15/h1-11,13,23H,12H2. The maximum Gasteiger partial charge on any atom is 0.165 e. The molecule has 0 bridgehead atoms. The number of nitrogens with zero attached hydrogens (tertiary/aromatic N) is 4. The molecule has 4 heterocycles. The van der Waals surface area contributed by atoms with Gasteiger partial charge in [0, 0.05) is 33.8 Å². The van der Waals surface area contributed by atoms with E-state index < -0.39 is 0 Å². The fourth-order valence-corrected chi connectivity index (χ4v) is 3.77. The van der Waals surface area contributed by atoms with E-state index in [0.29, 0.717) is 0 Å². The van der Waals surface area contributed by atoms with Crippen molar-refractivity contribution in [1.29, 1.82) is 0 Å². The van der Waals surface area contributed by atoms with Gasteiger partial charge < -0.3 is 5.32 Å². The molecule has 26 heavy (non-hydrogen) atoms. The van der Waals surface area contributed by atoms with Crippen LogP contribution in [0.15, 0.2) is 72.5 Å². The van der Waals surface area contributed by atoms with Crippen molar-refractivity contribution in [3.8, 4) is 11.1 Å². The van der Waals surface area contributed by atoms with Gasteiger partial charge in [0.1, 0.15) is 5.82 Å². The van der Waals surface area contributed by atoms with Crippen LogP contribution in [0, 0.1) is 0 Å². The second-order valence-corrected chi connectivity index (χ2v) is 6.97. The third-order valence-corrected chi connectivity index (χ3v) is 5.22. The highest BCUT2D eigenvalue weighted by atomic mass is 32.1. The Morgan fingerprint density at radius 1 is 0.923 bits per heavy atom. The lowest BCUT2D eigenvalue weighted by molar-refractivity contribution is 0.928. The van der Waals surface area contributed by atoms with E-state index in [4.69, 9.17) is 0 Å². The average molecular weight is 357 g/mol. The van der Waals surface area contributed by atoms with Gasteiger partial charge in [-0.25, -0.2) is 4.98 Å². The van der Waals surface area contributed by atoms with Crippen molar-refractivity contribution in [2.75, 3.05) is 5.32 Å². The molecule has 0 unspecified atom stereocenters. The Kier molecular flexibility index (Phi) is 3.61. The van der Waals surface area contributed by atoms with Crippen LogP contribution in [0.3, 0.4) is 0 Å². The SMILES string of the molecule is c1csc(CNc2ccnc3c(-c4cccc5cccnc45)cnn23)c1. The summed E-state index contributed by atoms with van der Waals surface area (Å²) in [5.41, 5.74) is 3.80. The van der Waals surface area contributed by atoms with Gasteiger partial charge in [0.25, 0.3) is 0 Å². The van der Waals surface area contributed by atoms with Crippen molar-refractivity contribution in [3.63, 3.8) is 0 Å². The Bertz CT molecular complexity index is 1190. The lowest BCUT2D eigenvalue weighted by Gasteiger charge is -2.08. The van der Waals surface area contributed by atoms with Crippen LogP contribution in [0.25, 0.3) is 27.7 Å². The van der Waals surface area contributed by atoms with Gasteiger partial charge in [0.05, 0.1) is 18.3 Å². The number of thiophene rings is 1. The monoisotopic (exact) mass is 357 g/mol. The van der Waals surface area contributed by atoms with E-state index in [9.17, 15) is 0 Å². The van der Waals surface area contributed by atoms with Crippen LogP contribution in [-0.4, -0.2) is 19.6 Å². The molecule has 0 saturated heterocycles. The van der Waals surface area contributed by atoms with Crippen molar-refractivity contribution >= 4 is 33.7 Å². The highest BCUT2D eigenvalue weighted by molar-refractivity contribution is 7.09. The zero-order chi connectivity index (χ0) is 17.3. The molecule has 5 aromatic rings. The first-order valence-electron chi connectivity index (χ1n) is 8.33. The zero-order valence-corrected chi connectivity index (χ0v) is 14.6. The lowest BCUT2D eigenvalue weighted by Crippen LogP contribution is -2.04. The van der Waals surface area contributed by atoms with E-state index in [-0.39, 0.29) is 0 Å². The molecule has 1 N–H and O–H groups in total. The van der Waals surface area contributed by atoms with Crippen molar-refractivity contribution in [2.24, 2.45) is 0 Å². The molecule has 5 nitrogen and oxygen atoms in total. The molecule has 0 amide bonds. The number of hydrogen-bond acceptors (Lipinski definition) is 5. The summed E-state index contributed by atoms with van der Waals surface area (Å²) >= 11 is 1.73. The smallest absolute Gasteiger partial charge is 0.165 e. The zero-order valence-electron chi connectivity index (χ0n) is 13.8. The van der Waals surface area contributed by atoms with Crippen LogP contribution in [-0.2, 0) is 6.54 Å². The number of rotatable bonds is 4. The Balaban J connectivity index is 1.60. The Labute approximate surface area is 154 Å². The van der Waals surface area contributed by atoms with Gasteiger partial charge in [-0.1, -0.05) is 30.3 Å². The maximum atomic E-state index is 4.57. The minimum absolute atomic E-state index is 0.766. The van der Waals surface area contributed by atoms with Gasteiger partial charge in [-0.05, 0) is 23.6 Å². The summed E-state index contributed by atoms with van der Waals surface area (Å²) in [6.07, 6.45) is 5.50. The van der Waals surface area contributed by atoms with Crippen LogP contribution in [0.4, 0.5) is 5.82 Å². The summed E-state index contributed by atoms with van der Waals surface area (Å²) in [7, 11) is 0. The first-order valence-corrected chi connectivity index (χ1v) is 9.21. The van der Waals surface area contributed by atoms with E-state index in [1.165, 1.54) is 4.88 Å². The summed E-state index contributed by atoms with van der Waals surface area (Å²) < 4.78 is 1.85. The second kappa shape index (κ2) is 6.24. The quantitative estimate of drug-likeness (QED) is 0.510. The Hall–Kier alpha value is -3.25. The van der Waals surface area contributed by atoms with E-state index >= 15 is 0 Å². The first kappa shape index (κ1) is 15.0. The number of nitrogens with one attached hydrogen (secondary N) is 1. The van der Waals surface area contributed by atoms with E-state index in [0.717, 1.165) is 40.0 Å². The molecule has 5 rings (SSSR count). The molecule has 1 aromatic carbocycles. The Morgan fingerprint density at radius 2 is 1.88 bits per heavy atom. The lowest BCUT2D eigenvalue weighted by atomic mass is 10.0. The molecule has 0 aliphatic carbocycles. The van der Waals surface area contributed by atoms with E-state index in [2.05, 4.69) is 56.1 Å². The number of para-hydroxylation sites is 1. The minimum Gasteiger partial charge on any atom is -0.365 e. The maximum absolute atomic E-state index is 4.57. The molecule has 0 aliphatic heterocycles. The van der Waals surface area contributed by atoms with Gasteiger partial charge in [-0.2, -0.15) is 9.61 Å². The van der Waals surface area contributed by atoms with Gasteiger partial charge in [-0.15, -0.1) is 11.3 Å². The average Bonchev–Trinajstić information content (AvgIpc) is 3.36. The fraction of sp³-hybridized carbons (Fsp3) is 0.0500. The summed E-state index contributed by atoms with van der Waals surface area (Å²) in [6.45, 7) is 0.766. The van der Waals surface area contributed by atoms with Gasteiger partial charge >= 0.3 is 0 Å². The summed E-state index contributed by atoms with van der Waals surface area (Å²) in [5, 5.41) is 11.2. The topological polar surface area (TPSA) is 55.1 Å². The minimum atomic E-state index is 0.766. The van der Waals surface area contributed by atoms with Crippen LogP contribution >= 0.6 is 11.3 Å². The third-order valence-electron chi connectivity index (χ3n) is 4.35. The Morgan fingerprint density at radius 3 is 2.81 bits per heavy atom. The largest absolute Gasteiger partial charge is 0.365 e. The molecule has 0 saturated carbocycles. The molecule has 0 fully saturated rings. The summed E-state index contributed by atoms with van der Waals surface area (Å²) in [4.78, 5) is 10.4. The highest BCUT2D eigenvalue weighted by Gasteiger charge is 2.13. The molecule has 0 aliphatic rings. The molecular weight excluding hydrogens is 342 g/mol. The van der Waals surface area contributed by atoms with Crippen molar-refractivity contribution in [3.05, 3.63) is 77.4 Å². The third kappa shape index (κ3) is 2.51. The van der Waals surface area contributed by atoms with E-state index in [1.54, 1.807) is 11.3 Å². The van der Waals surface area contributed by atoms with Crippen LogP contribution in [0.5, 0.6) is 0 Å². The van der Waals surface area contributed by atoms with Crippen molar-refractivity contribution in [2.45, 2.75) is 6.54 Å². The molecule has 6 heteroatoms. The predicted molar refractivity (Wildman–Crippen MR) is 105 cm³/mol. The highest BCUT2D eigenvalue weighted by Crippen LogP contribution is 2.30. The van der Waals surface area contributed by atoms with Crippen LogP contribution in [0.2, 0.25) is 0 Å². The molecule has 0 radical (unpaired) electrons. The van der Waals surface area contributed by atoms with Crippen LogP contribution in [0.1, 0.15) is 4.88 Å². The fourth-order valence-electron chi connectivity index (χ4n) is 3.13. The second-order valence-electron chi connectivity index (χ2n) is 5.94. The van der Waals surface area contributed by atoms with Crippen molar-refractivity contribution in [1.82, 2.24) is 19.6 Å². The molecule has 4 aromatic heterocycles. The molecule has 0 spiro atoms. The number of hydrogen-bond donors (Lipinski definition) is 1. The summed E-state index contributed by atoms with van der Waals surface area (Å²) in [6, 6.07) is 16.3. The van der Waals surface area contributed by atoms with Gasteiger partial charge in [0.2, 0.25) is 0 Å². The number of pyridine rings is 1. The molecular formula is C20H15N5S. The van der Waals surface area contributed by atoms with Crippen LogP contribution < -0.4 is 5.32 Å².